The Morgan fingerprint density at radius 2 is 1.53 bits per heavy atom. The maximum Gasteiger partial charge on any atom is 0.446 e. The van der Waals surface area contributed by atoms with E-state index >= 15 is 0 Å². The maximum absolute atomic E-state index is 14.8. The van der Waals surface area contributed by atoms with Crippen LogP contribution >= 0.6 is 11.8 Å². The fourth-order valence-electron chi connectivity index (χ4n) is 3.24. The third-order valence-electron chi connectivity index (χ3n) is 4.77. The standard InChI is InChI=1S/C24H18F6N2O3S/c1-35-14-32(20-11-10-16(12-19(20)27)36-24(28,29)30)23(34)31(13-15-6-3-2-4-7-15)22(33)21-17(25)8-5-9-18(21)26/h2-12H,13-14H2,1H3. The van der Waals surface area contributed by atoms with Crippen LogP contribution in [0.1, 0.15) is 15.9 Å². The lowest BCUT2D eigenvalue weighted by Gasteiger charge is -2.29. The largest absolute Gasteiger partial charge is 0.446 e. The number of halogens is 6. The molecule has 0 aliphatic carbocycles. The quantitative estimate of drug-likeness (QED) is 0.197. The first kappa shape index (κ1) is 27.1. The lowest BCUT2D eigenvalue weighted by Crippen LogP contribution is -2.47. The molecule has 3 aromatic carbocycles. The molecule has 190 valence electrons. The monoisotopic (exact) mass is 528 g/mol. The molecule has 0 aromatic heterocycles. The zero-order valence-corrected chi connectivity index (χ0v) is 19.4. The summed E-state index contributed by atoms with van der Waals surface area (Å²) in [6.07, 6.45) is 0. The third kappa shape index (κ3) is 6.58. The number of nitrogens with zero attached hydrogens (tertiary/aromatic N) is 2. The molecule has 0 unspecified atom stereocenters. The van der Waals surface area contributed by atoms with Crippen LogP contribution < -0.4 is 4.90 Å². The number of hydrogen-bond donors (Lipinski definition) is 0. The summed E-state index contributed by atoms with van der Waals surface area (Å²) < 4.78 is 86.5. The number of ether oxygens (including phenoxy) is 1. The van der Waals surface area contributed by atoms with Gasteiger partial charge in [0.15, 0.2) is 0 Å². The van der Waals surface area contributed by atoms with E-state index in [2.05, 4.69) is 0 Å². The highest BCUT2D eigenvalue weighted by Gasteiger charge is 2.34. The van der Waals surface area contributed by atoms with Crippen molar-refractivity contribution in [2.75, 3.05) is 18.7 Å². The van der Waals surface area contributed by atoms with Crippen molar-refractivity contribution in [1.82, 2.24) is 4.90 Å². The smallest absolute Gasteiger partial charge is 0.364 e. The molecule has 0 saturated heterocycles. The molecule has 3 rings (SSSR count). The molecule has 3 aromatic rings. The van der Waals surface area contributed by atoms with Crippen LogP contribution in [0.15, 0.2) is 71.6 Å². The number of alkyl halides is 3. The van der Waals surface area contributed by atoms with Crippen LogP contribution in [0, 0.1) is 17.5 Å². The zero-order valence-electron chi connectivity index (χ0n) is 18.6. The van der Waals surface area contributed by atoms with Crippen molar-refractivity contribution in [3.05, 3.63) is 95.3 Å². The Morgan fingerprint density at radius 1 is 0.889 bits per heavy atom. The summed E-state index contributed by atoms with van der Waals surface area (Å²) >= 11 is -0.552. The Morgan fingerprint density at radius 3 is 2.08 bits per heavy atom. The summed E-state index contributed by atoms with van der Waals surface area (Å²) in [5, 5.41) is 0. The van der Waals surface area contributed by atoms with Gasteiger partial charge < -0.3 is 4.74 Å². The van der Waals surface area contributed by atoms with Gasteiger partial charge in [0.25, 0.3) is 5.91 Å². The summed E-state index contributed by atoms with van der Waals surface area (Å²) in [5.41, 5.74) is -5.77. The average Bonchev–Trinajstić information content (AvgIpc) is 2.80. The van der Waals surface area contributed by atoms with E-state index in [1.165, 1.54) is 0 Å². The van der Waals surface area contributed by atoms with E-state index < -0.39 is 76.1 Å². The van der Waals surface area contributed by atoms with Gasteiger partial charge in [-0.3, -0.25) is 14.6 Å². The average molecular weight is 528 g/mol. The Balaban J connectivity index is 2.04. The van der Waals surface area contributed by atoms with Crippen molar-refractivity contribution in [2.24, 2.45) is 0 Å². The normalized spacial score (nSPS) is 11.3. The van der Waals surface area contributed by atoms with Crippen LogP contribution in [0.3, 0.4) is 0 Å². The van der Waals surface area contributed by atoms with Crippen molar-refractivity contribution in [1.29, 1.82) is 0 Å². The molecule has 0 aliphatic heterocycles. The highest BCUT2D eigenvalue weighted by atomic mass is 32.2. The maximum atomic E-state index is 14.8. The molecular weight excluding hydrogens is 510 g/mol. The van der Waals surface area contributed by atoms with E-state index in [4.69, 9.17) is 4.74 Å². The van der Waals surface area contributed by atoms with Crippen molar-refractivity contribution in [3.63, 3.8) is 0 Å². The molecule has 0 atom stereocenters. The third-order valence-corrected chi connectivity index (χ3v) is 5.49. The number of amides is 3. The van der Waals surface area contributed by atoms with Crippen LogP contribution in [-0.4, -0.2) is 36.2 Å². The van der Waals surface area contributed by atoms with Crippen LogP contribution in [-0.2, 0) is 11.3 Å². The van der Waals surface area contributed by atoms with Crippen molar-refractivity contribution in [2.45, 2.75) is 16.9 Å². The molecule has 0 saturated carbocycles. The van der Waals surface area contributed by atoms with Crippen molar-refractivity contribution in [3.8, 4) is 0 Å². The van der Waals surface area contributed by atoms with Gasteiger partial charge in [-0.2, -0.15) is 13.2 Å². The number of hydrogen-bond acceptors (Lipinski definition) is 4. The lowest BCUT2D eigenvalue weighted by molar-refractivity contribution is -0.0328. The van der Waals surface area contributed by atoms with Gasteiger partial charge in [0.1, 0.15) is 29.7 Å². The number of imide groups is 1. The molecule has 3 amide bonds. The highest BCUT2D eigenvalue weighted by Crippen LogP contribution is 2.38. The second kappa shape index (κ2) is 11.5. The van der Waals surface area contributed by atoms with Gasteiger partial charge >= 0.3 is 11.5 Å². The molecule has 12 heteroatoms. The number of rotatable bonds is 7. The predicted octanol–water partition coefficient (Wildman–Crippen LogP) is 6.59. The molecular formula is C24H18F6N2O3S. The summed E-state index contributed by atoms with van der Waals surface area (Å²) in [5.74, 6) is -4.99. The van der Waals surface area contributed by atoms with Gasteiger partial charge in [-0.25, -0.2) is 18.0 Å². The Bertz CT molecular complexity index is 1220. The van der Waals surface area contributed by atoms with Gasteiger partial charge in [0.05, 0.1) is 12.2 Å². The molecule has 0 aliphatic rings. The van der Waals surface area contributed by atoms with Crippen LogP contribution in [0.4, 0.5) is 36.8 Å². The molecule has 0 heterocycles. The van der Waals surface area contributed by atoms with Crippen LogP contribution in [0.5, 0.6) is 0 Å². The molecule has 0 fully saturated rings. The van der Waals surface area contributed by atoms with E-state index in [-0.39, 0.29) is 0 Å². The van der Waals surface area contributed by atoms with E-state index in [1.54, 1.807) is 30.3 Å². The van der Waals surface area contributed by atoms with Gasteiger partial charge in [-0.05, 0) is 47.7 Å². The fourth-order valence-corrected chi connectivity index (χ4v) is 3.80. The number of methoxy groups -OCH3 is 1. The molecule has 0 radical (unpaired) electrons. The van der Waals surface area contributed by atoms with Crippen LogP contribution in [0.25, 0.3) is 0 Å². The van der Waals surface area contributed by atoms with Crippen molar-refractivity contribution < 1.29 is 40.7 Å². The van der Waals surface area contributed by atoms with Gasteiger partial charge in [-0.1, -0.05) is 36.4 Å². The number of urea groups is 1. The minimum Gasteiger partial charge on any atom is -0.364 e. The molecule has 0 bridgehead atoms. The van der Waals surface area contributed by atoms with Crippen LogP contribution in [0.2, 0.25) is 0 Å². The van der Waals surface area contributed by atoms with E-state index in [1.807, 2.05) is 0 Å². The Labute approximate surface area is 206 Å². The number of carbonyl (C=O) groups excluding carboxylic acids is 2. The summed E-state index contributed by atoms with van der Waals surface area (Å²) in [6, 6.07) is 11.9. The number of anilines is 1. The fraction of sp³-hybridized carbons (Fsp3) is 0.167. The molecule has 5 nitrogen and oxygen atoms in total. The molecule has 0 N–H and O–H groups in total. The lowest BCUT2D eigenvalue weighted by atomic mass is 10.1. The number of benzene rings is 3. The van der Waals surface area contributed by atoms with Gasteiger partial charge in [0.2, 0.25) is 0 Å². The first-order valence-corrected chi connectivity index (χ1v) is 11.0. The van der Waals surface area contributed by atoms with Gasteiger partial charge in [0, 0.05) is 12.0 Å². The Kier molecular flexibility index (Phi) is 8.64. The summed E-state index contributed by atoms with van der Waals surface area (Å²) in [7, 11) is 1.16. The minimum absolute atomic E-state index is 0.408. The second-order valence-corrected chi connectivity index (χ2v) is 8.40. The van der Waals surface area contributed by atoms with E-state index in [0.717, 1.165) is 37.4 Å². The second-order valence-electron chi connectivity index (χ2n) is 7.26. The first-order valence-electron chi connectivity index (χ1n) is 10.2. The first-order chi connectivity index (χ1) is 17.0. The van der Waals surface area contributed by atoms with E-state index in [9.17, 15) is 35.9 Å². The summed E-state index contributed by atoms with van der Waals surface area (Å²) in [4.78, 5) is 27.4. The number of carbonyl (C=O) groups is 2. The SMILES string of the molecule is COCN(C(=O)N(Cc1ccccc1)C(=O)c1c(F)cccc1F)c1ccc(SC(F)(F)F)cc1F. The Hall–Kier alpha value is -3.51. The van der Waals surface area contributed by atoms with Crippen molar-refractivity contribution >= 4 is 29.4 Å². The minimum atomic E-state index is -4.67. The molecule has 0 spiro atoms. The molecule has 36 heavy (non-hydrogen) atoms. The summed E-state index contributed by atoms with van der Waals surface area (Å²) in [6.45, 7) is -1.07. The van der Waals surface area contributed by atoms with E-state index in [0.29, 0.717) is 21.4 Å². The topological polar surface area (TPSA) is 49.9 Å². The zero-order chi connectivity index (χ0) is 26.5. The van der Waals surface area contributed by atoms with Gasteiger partial charge in [-0.15, -0.1) is 0 Å². The highest BCUT2D eigenvalue weighted by molar-refractivity contribution is 8.00. The number of thioether (sulfide) groups is 1. The predicted molar refractivity (Wildman–Crippen MR) is 121 cm³/mol.